The molecule has 0 bridgehead atoms. The Morgan fingerprint density at radius 2 is 1.67 bits per heavy atom. The first-order chi connectivity index (χ1) is 18.4. The fourth-order valence-corrected chi connectivity index (χ4v) is 7.91. The smallest absolute Gasteiger partial charge is 0.488 e. The monoisotopic (exact) mass is 568 g/mol. The Morgan fingerprint density at radius 1 is 0.949 bits per heavy atom. The zero-order valence-corrected chi connectivity index (χ0v) is 22.1. The normalized spacial score (nSPS) is 33.6. The number of nitrogens with zero attached hydrogens (tertiary/aromatic N) is 2. The number of carbonyl (C=O) groups is 4. The number of carbonyl (C=O) groups excluding carboxylic acids is 4. The molecule has 200 valence electrons. The molecule has 4 amide bonds. The van der Waals surface area contributed by atoms with E-state index < -0.39 is 64.2 Å². The van der Waals surface area contributed by atoms with Gasteiger partial charge in [0.15, 0.2) is 9.75 Å². The molecule has 9 nitrogen and oxygen atoms in total. The molecular weight excluding hydrogens is 546 g/mol. The van der Waals surface area contributed by atoms with Gasteiger partial charge in [-0.15, -0.1) is 23.2 Å². The first-order valence-corrected chi connectivity index (χ1v) is 13.2. The number of hydrogen-bond donors (Lipinski definition) is 3. The standard InChI is InChI=1S/C27H23BCl2N2O7/c1-31-24(36)26(29)12-18-15(21(27(26,30)25(31)37)16-7-2-3-8-19(16)33)9-10-17-20(18)23(35)32(22(17)34)14-6-4-5-13(11-14)28(38)39/h2-9,11,17-18,20-21,33,38-39H,10,12H2,1H3. The number of rotatable bonds is 3. The van der Waals surface area contributed by atoms with Crippen molar-refractivity contribution in [1.82, 2.24) is 4.90 Å². The maximum atomic E-state index is 13.9. The molecule has 6 atom stereocenters. The molecule has 6 rings (SSSR count). The van der Waals surface area contributed by atoms with Crippen LogP contribution in [-0.4, -0.2) is 67.6 Å². The summed E-state index contributed by atoms with van der Waals surface area (Å²) < 4.78 is 0. The van der Waals surface area contributed by atoms with Gasteiger partial charge in [0.05, 0.1) is 17.5 Å². The van der Waals surface area contributed by atoms with E-state index in [0.717, 1.165) is 9.80 Å². The zero-order chi connectivity index (χ0) is 28.0. The fraction of sp³-hybridized carbons (Fsp3) is 0.333. The van der Waals surface area contributed by atoms with Gasteiger partial charge in [-0.2, -0.15) is 0 Å². The van der Waals surface area contributed by atoms with Crippen molar-refractivity contribution in [2.24, 2.45) is 17.8 Å². The van der Waals surface area contributed by atoms with Crippen LogP contribution >= 0.6 is 23.2 Å². The van der Waals surface area contributed by atoms with Crippen LogP contribution in [0.5, 0.6) is 5.75 Å². The number of halogens is 2. The fourth-order valence-electron chi connectivity index (χ4n) is 6.90. The number of para-hydroxylation sites is 1. The second-order valence-electron chi connectivity index (χ2n) is 10.5. The van der Waals surface area contributed by atoms with Crippen LogP contribution in [0.15, 0.2) is 60.2 Å². The Balaban J connectivity index is 1.50. The van der Waals surface area contributed by atoms with Gasteiger partial charge in [-0.3, -0.25) is 29.0 Å². The molecule has 4 aliphatic rings. The van der Waals surface area contributed by atoms with E-state index in [1.807, 2.05) is 0 Å². The number of likely N-dealkylation sites (tertiary alicyclic amines) is 1. The summed E-state index contributed by atoms with van der Waals surface area (Å²) in [6, 6.07) is 12.2. The number of alkyl halides is 2. The molecule has 2 heterocycles. The van der Waals surface area contributed by atoms with Crippen molar-refractivity contribution in [3.8, 4) is 5.75 Å². The first kappa shape index (κ1) is 26.1. The van der Waals surface area contributed by atoms with Crippen molar-refractivity contribution >= 4 is 65.1 Å². The SMILES string of the molecule is CN1C(=O)C2(Cl)CC3C(=CCC4C(=O)N(c5cccc(B(O)O)c5)C(=O)C43)C(c3ccccc3O)C2(Cl)C1=O. The number of hydrogen-bond acceptors (Lipinski definition) is 7. The predicted molar refractivity (Wildman–Crippen MR) is 142 cm³/mol. The van der Waals surface area contributed by atoms with Crippen LogP contribution in [-0.2, 0) is 19.2 Å². The maximum Gasteiger partial charge on any atom is 0.488 e. The molecule has 2 aromatic carbocycles. The summed E-state index contributed by atoms with van der Waals surface area (Å²) in [6.45, 7) is 0. The van der Waals surface area contributed by atoms with Gasteiger partial charge in [-0.25, -0.2) is 0 Å². The van der Waals surface area contributed by atoms with Crippen molar-refractivity contribution < 1.29 is 34.3 Å². The van der Waals surface area contributed by atoms with E-state index >= 15 is 0 Å². The van der Waals surface area contributed by atoms with Gasteiger partial charge >= 0.3 is 7.12 Å². The number of phenols is 1. The lowest BCUT2D eigenvalue weighted by Crippen LogP contribution is -2.60. The van der Waals surface area contributed by atoms with E-state index in [1.165, 1.54) is 37.4 Å². The van der Waals surface area contributed by atoms with Crippen molar-refractivity contribution in [2.75, 3.05) is 11.9 Å². The minimum absolute atomic E-state index is 0.115. The molecule has 2 aromatic rings. The molecule has 0 aromatic heterocycles. The maximum absolute atomic E-state index is 13.9. The molecule has 2 aliphatic heterocycles. The molecule has 3 fully saturated rings. The Labute approximate surface area is 233 Å². The van der Waals surface area contributed by atoms with Crippen LogP contribution in [0.1, 0.15) is 24.3 Å². The number of allylic oxidation sites excluding steroid dienone is 2. The van der Waals surface area contributed by atoms with E-state index in [-0.39, 0.29) is 29.7 Å². The highest BCUT2D eigenvalue weighted by Gasteiger charge is 2.76. The van der Waals surface area contributed by atoms with Crippen molar-refractivity contribution in [3.05, 3.63) is 65.7 Å². The highest BCUT2D eigenvalue weighted by atomic mass is 35.5. The summed E-state index contributed by atoms with van der Waals surface area (Å²) in [6.07, 6.45) is 1.79. The topological polar surface area (TPSA) is 135 Å². The molecule has 12 heteroatoms. The number of fused-ring (bicyclic) bond motifs is 4. The summed E-state index contributed by atoms with van der Waals surface area (Å²) in [7, 11) is -0.490. The summed E-state index contributed by atoms with van der Waals surface area (Å²) in [4.78, 5) is 52.5. The highest BCUT2D eigenvalue weighted by molar-refractivity contribution is 6.58. The van der Waals surface area contributed by atoms with Gasteiger partial charge in [-0.1, -0.05) is 42.0 Å². The van der Waals surface area contributed by atoms with Crippen molar-refractivity contribution in [2.45, 2.75) is 28.5 Å². The number of phenolic OH excluding ortho intramolecular Hbond substituents is 1. The van der Waals surface area contributed by atoms with E-state index in [4.69, 9.17) is 23.2 Å². The largest absolute Gasteiger partial charge is 0.508 e. The molecule has 0 radical (unpaired) electrons. The van der Waals surface area contributed by atoms with E-state index in [9.17, 15) is 34.3 Å². The second kappa shape index (κ2) is 8.66. The van der Waals surface area contributed by atoms with E-state index in [1.54, 1.807) is 24.3 Å². The van der Waals surface area contributed by atoms with Crippen LogP contribution in [0.4, 0.5) is 5.69 Å². The Hall–Kier alpha value is -3.18. The minimum Gasteiger partial charge on any atom is -0.508 e. The molecule has 3 N–H and O–H groups in total. The molecule has 6 unspecified atom stereocenters. The van der Waals surface area contributed by atoms with Gasteiger partial charge in [0.25, 0.3) is 11.8 Å². The Bertz CT molecular complexity index is 1500. The zero-order valence-electron chi connectivity index (χ0n) is 20.6. The second-order valence-corrected chi connectivity index (χ2v) is 11.8. The summed E-state index contributed by atoms with van der Waals surface area (Å²) in [5, 5.41) is 30.0. The van der Waals surface area contributed by atoms with Gasteiger partial charge in [-0.05, 0) is 42.4 Å². The Kier molecular flexibility index (Phi) is 5.79. The lowest BCUT2D eigenvalue weighted by atomic mass is 9.56. The third-order valence-electron chi connectivity index (χ3n) is 8.69. The number of anilines is 1. The number of aromatic hydroxyl groups is 1. The first-order valence-electron chi connectivity index (χ1n) is 12.5. The molecular formula is C27H23BCl2N2O7. The van der Waals surface area contributed by atoms with Crippen molar-refractivity contribution in [1.29, 1.82) is 0 Å². The Morgan fingerprint density at radius 3 is 2.36 bits per heavy atom. The number of amides is 4. The van der Waals surface area contributed by atoms with Gasteiger partial charge in [0.2, 0.25) is 11.8 Å². The number of benzene rings is 2. The quantitative estimate of drug-likeness (QED) is 0.219. The lowest BCUT2D eigenvalue weighted by molar-refractivity contribution is -0.138. The van der Waals surface area contributed by atoms with Crippen LogP contribution in [0.3, 0.4) is 0 Å². The molecule has 1 saturated carbocycles. The predicted octanol–water partition coefficient (Wildman–Crippen LogP) is 1.27. The van der Waals surface area contributed by atoms with Crippen molar-refractivity contribution in [3.63, 3.8) is 0 Å². The van der Waals surface area contributed by atoms with Gasteiger partial charge in [0.1, 0.15) is 5.75 Å². The third kappa shape index (κ3) is 3.29. The molecule has 2 aliphatic carbocycles. The highest BCUT2D eigenvalue weighted by Crippen LogP contribution is 2.66. The summed E-state index contributed by atoms with van der Waals surface area (Å²) >= 11 is 14.2. The summed E-state index contributed by atoms with van der Waals surface area (Å²) in [5.41, 5.74) is 1.17. The average molecular weight is 569 g/mol. The lowest BCUT2D eigenvalue weighted by Gasteiger charge is -2.50. The van der Waals surface area contributed by atoms with Crippen LogP contribution in [0.25, 0.3) is 0 Å². The number of imide groups is 2. The van der Waals surface area contributed by atoms with Crippen LogP contribution < -0.4 is 10.4 Å². The molecule has 39 heavy (non-hydrogen) atoms. The minimum atomic E-state index is -1.97. The van der Waals surface area contributed by atoms with Crippen LogP contribution in [0, 0.1) is 17.8 Å². The van der Waals surface area contributed by atoms with Crippen LogP contribution in [0.2, 0.25) is 0 Å². The van der Waals surface area contributed by atoms with E-state index in [2.05, 4.69) is 0 Å². The van der Waals surface area contributed by atoms with Gasteiger partial charge < -0.3 is 15.2 Å². The average Bonchev–Trinajstić information content (AvgIpc) is 3.24. The summed E-state index contributed by atoms with van der Waals surface area (Å²) in [5.74, 6) is -5.95. The molecule has 2 saturated heterocycles. The van der Waals surface area contributed by atoms with E-state index in [0.29, 0.717) is 11.1 Å². The molecule has 0 spiro atoms. The third-order valence-corrected chi connectivity index (χ3v) is 10.1. The van der Waals surface area contributed by atoms with Gasteiger partial charge in [0, 0.05) is 18.5 Å².